The van der Waals surface area contributed by atoms with Crippen molar-refractivity contribution in [3.63, 3.8) is 0 Å². The molecule has 3 aromatic carbocycles. The van der Waals surface area contributed by atoms with E-state index in [1.54, 1.807) is 0 Å². The Labute approximate surface area is 173 Å². The molecule has 0 aromatic heterocycles. The van der Waals surface area contributed by atoms with Crippen molar-refractivity contribution in [2.45, 2.75) is 0 Å². The number of non-ortho nitro benzene ring substituents is 2. The van der Waals surface area contributed by atoms with Crippen molar-refractivity contribution in [1.82, 2.24) is 0 Å². The number of nitro benzene ring substituents is 2. The molecule has 0 saturated heterocycles. The molecule has 1 N–H and O–H groups in total. The highest BCUT2D eigenvalue weighted by Crippen LogP contribution is 2.37. The van der Waals surface area contributed by atoms with Crippen molar-refractivity contribution in [3.05, 3.63) is 92.0 Å². The first kappa shape index (κ1) is 19.5. The van der Waals surface area contributed by atoms with E-state index >= 15 is 0 Å². The van der Waals surface area contributed by atoms with Crippen molar-refractivity contribution >= 4 is 28.9 Å². The third-order valence-electron chi connectivity index (χ3n) is 4.55. The SMILES string of the molecule is O=C1c2ccc(Oc3ccc([N+](=O)[O-])cc3)cc2C(=O)N1c1ccc([N+](=O)[O-])cc1O. The standard InChI is InChI=1S/C20H11N3O8/c24-18-9-12(23(29)30)3-8-17(18)21-19(25)15-7-6-14(10-16(15)20(21)26)31-13-4-1-11(2-5-13)22(27)28/h1-10,24H. The first-order chi connectivity index (χ1) is 14.8. The molecule has 4 rings (SSSR count). The number of hydrogen-bond acceptors (Lipinski definition) is 8. The number of aromatic hydroxyl groups is 1. The predicted molar refractivity (Wildman–Crippen MR) is 106 cm³/mol. The molecule has 11 nitrogen and oxygen atoms in total. The van der Waals surface area contributed by atoms with Crippen LogP contribution in [-0.4, -0.2) is 26.8 Å². The summed E-state index contributed by atoms with van der Waals surface area (Å²) in [5, 5.41) is 31.7. The molecule has 0 bridgehead atoms. The van der Waals surface area contributed by atoms with Gasteiger partial charge in [-0.15, -0.1) is 0 Å². The fraction of sp³-hybridized carbons (Fsp3) is 0. The number of benzene rings is 3. The van der Waals surface area contributed by atoms with E-state index in [1.807, 2.05) is 0 Å². The maximum absolute atomic E-state index is 12.8. The molecule has 0 saturated carbocycles. The normalized spacial score (nSPS) is 12.6. The second-order valence-corrected chi connectivity index (χ2v) is 6.44. The molecule has 154 valence electrons. The fourth-order valence-electron chi connectivity index (χ4n) is 3.09. The first-order valence-electron chi connectivity index (χ1n) is 8.69. The van der Waals surface area contributed by atoms with Crippen LogP contribution in [0.3, 0.4) is 0 Å². The largest absolute Gasteiger partial charge is 0.505 e. The minimum atomic E-state index is -0.738. The molecule has 0 unspecified atom stereocenters. The van der Waals surface area contributed by atoms with E-state index in [2.05, 4.69) is 0 Å². The van der Waals surface area contributed by atoms with Crippen molar-refractivity contribution < 1.29 is 29.3 Å². The molecule has 0 spiro atoms. The Morgan fingerprint density at radius 2 is 1.32 bits per heavy atom. The van der Waals surface area contributed by atoms with Gasteiger partial charge in [0.2, 0.25) is 0 Å². The number of phenols is 1. The summed E-state index contributed by atoms with van der Waals surface area (Å²) in [4.78, 5) is 46.6. The molecule has 0 fully saturated rings. The van der Waals surface area contributed by atoms with Crippen molar-refractivity contribution in [1.29, 1.82) is 0 Å². The molecular formula is C20H11N3O8. The maximum Gasteiger partial charge on any atom is 0.273 e. The van der Waals surface area contributed by atoms with Gasteiger partial charge in [0.1, 0.15) is 17.2 Å². The molecule has 31 heavy (non-hydrogen) atoms. The minimum Gasteiger partial charge on any atom is -0.505 e. The van der Waals surface area contributed by atoms with E-state index in [1.165, 1.54) is 42.5 Å². The number of nitro groups is 2. The number of imide groups is 1. The van der Waals surface area contributed by atoms with Crippen LogP contribution in [0.1, 0.15) is 20.7 Å². The smallest absolute Gasteiger partial charge is 0.273 e. The Balaban J connectivity index is 1.63. The summed E-state index contributed by atoms with van der Waals surface area (Å²) in [5.74, 6) is -1.54. The number of anilines is 1. The van der Waals surface area contributed by atoms with Gasteiger partial charge in [0, 0.05) is 18.2 Å². The highest BCUT2D eigenvalue weighted by atomic mass is 16.6. The molecular weight excluding hydrogens is 410 g/mol. The summed E-state index contributed by atoms with van der Waals surface area (Å²) in [6, 6.07) is 12.5. The molecule has 0 radical (unpaired) electrons. The number of rotatable bonds is 5. The van der Waals surface area contributed by atoms with Crippen LogP contribution in [0.2, 0.25) is 0 Å². The van der Waals surface area contributed by atoms with Crippen LogP contribution >= 0.6 is 0 Å². The maximum atomic E-state index is 12.8. The van der Waals surface area contributed by atoms with Gasteiger partial charge in [-0.1, -0.05) is 0 Å². The molecule has 1 heterocycles. The third kappa shape index (κ3) is 3.40. The highest BCUT2D eigenvalue weighted by molar-refractivity contribution is 6.35. The van der Waals surface area contributed by atoms with Gasteiger partial charge in [-0.3, -0.25) is 29.8 Å². The van der Waals surface area contributed by atoms with E-state index in [0.717, 1.165) is 23.1 Å². The topological polar surface area (TPSA) is 153 Å². The average molecular weight is 421 g/mol. The summed E-state index contributed by atoms with van der Waals surface area (Å²) in [6.45, 7) is 0. The molecule has 11 heteroatoms. The fourth-order valence-corrected chi connectivity index (χ4v) is 3.09. The number of carbonyl (C=O) groups excluding carboxylic acids is 2. The van der Waals surface area contributed by atoms with Crippen LogP contribution in [-0.2, 0) is 0 Å². The van der Waals surface area contributed by atoms with E-state index < -0.39 is 33.1 Å². The lowest BCUT2D eigenvalue weighted by atomic mass is 10.1. The van der Waals surface area contributed by atoms with E-state index in [9.17, 15) is 34.9 Å². The average Bonchev–Trinajstić information content (AvgIpc) is 2.98. The molecule has 1 aliphatic rings. The van der Waals surface area contributed by atoms with Crippen molar-refractivity contribution in [2.75, 3.05) is 4.90 Å². The van der Waals surface area contributed by atoms with Gasteiger partial charge in [0.15, 0.2) is 0 Å². The van der Waals surface area contributed by atoms with Crippen molar-refractivity contribution in [2.24, 2.45) is 0 Å². The van der Waals surface area contributed by atoms with Crippen LogP contribution < -0.4 is 9.64 Å². The minimum absolute atomic E-state index is 0.0159. The number of phenolic OH excluding ortho intramolecular Hbond substituents is 1. The predicted octanol–water partition coefficient (Wildman–Crippen LogP) is 3.80. The molecule has 3 aromatic rings. The number of fused-ring (bicyclic) bond motifs is 1. The lowest BCUT2D eigenvalue weighted by Crippen LogP contribution is -2.29. The van der Waals surface area contributed by atoms with Gasteiger partial charge in [0.05, 0.1) is 32.7 Å². The van der Waals surface area contributed by atoms with E-state index in [4.69, 9.17) is 4.74 Å². The van der Waals surface area contributed by atoms with Crippen LogP contribution in [0, 0.1) is 20.2 Å². The van der Waals surface area contributed by atoms with Crippen LogP contribution in [0.4, 0.5) is 17.1 Å². The van der Waals surface area contributed by atoms with E-state index in [-0.39, 0.29) is 34.0 Å². The Morgan fingerprint density at radius 1 is 0.742 bits per heavy atom. The second-order valence-electron chi connectivity index (χ2n) is 6.44. The summed E-state index contributed by atoms with van der Waals surface area (Å²) in [6.07, 6.45) is 0. The lowest BCUT2D eigenvalue weighted by molar-refractivity contribution is -0.385. The summed E-state index contributed by atoms with van der Waals surface area (Å²) in [5.41, 5.74) is -0.604. The molecule has 2 amide bonds. The quantitative estimate of drug-likeness (QED) is 0.371. The number of carbonyl (C=O) groups is 2. The lowest BCUT2D eigenvalue weighted by Gasteiger charge is -2.14. The zero-order chi connectivity index (χ0) is 22.3. The zero-order valence-corrected chi connectivity index (χ0v) is 15.4. The monoisotopic (exact) mass is 421 g/mol. The first-order valence-corrected chi connectivity index (χ1v) is 8.69. The van der Waals surface area contributed by atoms with Crippen LogP contribution in [0.15, 0.2) is 60.7 Å². The van der Waals surface area contributed by atoms with Crippen molar-refractivity contribution in [3.8, 4) is 17.2 Å². The van der Waals surface area contributed by atoms with E-state index in [0.29, 0.717) is 0 Å². The Morgan fingerprint density at radius 3 is 1.94 bits per heavy atom. The summed E-state index contributed by atoms with van der Waals surface area (Å²) in [7, 11) is 0. The third-order valence-corrected chi connectivity index (χ3v) is 4.55. The van der Waals surface area contributed by atoms with Gasteiger partial charge in [-0.2, -0.15) is 0 Å². The molecule has 0 aliphatic carbocycles. The zero-order valence-electron chi connectivity index (χ0n) is 15.4. The number of amides is 2. The number of hydrogen-bond donors (Lipinski definition) is 1. The van der Waals surface area contributed by atoms with Crippen LogP contribution in [0.5, 0.6) is 17.2 Å². The van der Waals surface area contributed by atoms with Gasteiger partial charge in [0.25, 0.3) is 23.2 Å². The van der Waals surface area contributed by atoms with Gasteiger partial charge in [-0.05, 0) is 36.4 Å². The highest BCUT2D eigenvalue weighted by Gasteiger charge is 2.38. The Hall–Kier alpha value is -4.80. The van der Waals surface area contributed by atoms with Gasteiger partial charge >= 0.3 is 0 Å². The van der Waals surface area contributed by atoms with Gasteiger partial charge < -0.3 is 9.84 Å². The summed E-state index contributed by atoms with van der Waals surface area (Å²) >= 11 is 0. The Bertz CT molecular complexity index is 1270. The Kier molecular flexibility index (Phi) is 4.55. The number of ether oxygens (including phenoxy) is 1. The molecule has 0 atom stereocenters. The second kappa shape index (κ2) is 7.22. The molecule has 1 aliphatic heterocycles. The van der Waals surface area contributed by atoms with Crippen LogP contribution in [0.25, 0.3) is 0 Å². The van der Waals surface area contributed by atoms with Gasteiger partial charge in [-0.25, -0.2) is 4.90 Å². The number of nitrogens with zero attached hydrogens (tertiary/aromatic N) is 3. The summed E-state index contributed by atoms with van der Waals surface area (Å²) < 4.78 is 5.60.